The molecule has 0 aliphatic carbocycles. The smallest absolute Gasteiger partial charge is 0.394 e. The van der Waals surface area contributed by atoms with Gasteiger partial charge in [0.1, 0.15) is 10.3 Å². The summed E-state index contributed by atoms with van der Waals surface area (Å²) in [6.45, 7) is 5.52. The van der Waals surface area contributed by atoms with Crippen LogP contribution in [-0.2, 0) is 6.18 Å². The Morgan fingerprint density at radius 1 is 1.19 bits per heavy atom. The number of aliphatic hydroxyl groups is 1. The van der Waals surface area contributed by atoms with E-state index in [0.717, 1.165) is 32.9 Å². The van der Waals surface area contributed by atoms with E-state index in [1.807, 2.05) is 25.3 Å². The molecule has 0 aliphatic heterocycles. The van der Waals surface area contributed by atoms with E-state index in [1.165, 1.54) is 23.5 Å². The third-order valence-corrected chi connectivity index (χ3v) is 6.40. The maximum Gasteiger partial charge on any atom is 0.416 e. The van der Waals surface area contributed by atoms with Gasteiger partial charge in [0.15, 0.2) is 0 Å². The number of thiazole rings is 1. The lowest BCUT2D eigenvalue weighted by molar-refractivity contribution is -0.137. The van der Waals surface area contributed by atoms with Gasteiger partial charge in [-0.3, -0.25) is 9.36 Å². The number of nitrogens with zero attached hydrogens (tertiary/aromatic N) is 2. The number of alkyl halides is 3. The van der Waals surface area contributed by atoms with Crippen LogP contribution in [0.4, 0.5) is 13.2 Å². The normalized spacial score (nSPS) is 13.2. The molecule has 168 valence electrons. The van der Waals surface area contributed by atoms with Crippen LogP contribution in [0.5, 0.6) is 0 Å². The predicted octanol–water partition coefficient (Wildman–Crippen LogP) is 5.31. The molecule has 0 radical (unpaired) electrons. The summed E-state index contributed by atoms with van der Waals surface area (Å²) in [5.41, 5.74) is 1.74. The summed E-state index contributed by atoms with van der Waals surface area (Å²) in [6, 6.07) is 9.81. The number of halogens is 3. The molecule has 4 aromatic rings. The Bertz CT molecular complexity index is 1290. The average molecular weight is 462 g/mol. The van der Waals surface area contributed by atoms with Gasteiger partial charge < -0.3 is 10.4 Å². The number of amides is 1. The van der Waals surface area contributed by atoms with Crippen molar-refractivity contribution in [2.45, 2.75) is 33.0 Å². The van der Waals surface area contributed by atoms with Gasteiger partial charge in [-0.1, -0.05) is 13.8 Å². The van der Waals surface area contributed by atoms with Crippen LogP contribution in [-0.4, -0.2) is 33.2 Å². The van der Waals surface area contributed by atoms with Crippen molar-refractivity contribution in [2.75, 3.05) is 6.61 Å². The standard InChI is InChI=1S/C23H22F3N3O2S/c1-12(2)18(11-30)28-21(31)14-4-9-19-17(10-14)20-22(32-13(3)27-20)29(19)16-7-5-15(6-8-16)23(24,25)26/h4-10,12,18,30H,11H2,1-3H3,(H,28,31). The van der Waals surface area contributed by atoms with E-state index in [0.29, 0.717) is 16.8 Å². The SMILES string of the molecule is Cc1nc2c3cc(C(=O)NC(CO)C(C)C)ccc3n(-c3ccc(C(F)(F)F)cc3)c2s1. The number of nitrogens with one attached hydrogen (secondary N) is 1. The fourth-order valence-corrected chi connectivity index (χ4v) is 4.61. The molecule has 1 atom stereocenters. The molecule has 32 heavy (non-hydrogen) atoms. The highest BCUT2D eigenvalue weighted by Gasteiger charge is 2.30. The molecule has 0 spiro atoms. The third-order valence-electron chi connectivity index (χ3n) is 5.44. The Morgan fingerprint density at radius 3 is 2.47 bits per heavy atom. The van der Waals surface area contributed by atoms with Crippen LogP contribution < -0.4 is 5.32 Å². The number of aromatic nitrogens is 2. The number of aliphatic hydroxyl groups excluding tert-OH is 1. The molecule has 0 saturated heterocycles. The second-order valence-corrected chi connectivity index (χ2v) is 9.19. The Morgan fingerprint density at radius 2 is 1.88 bits per heavy atom. The van der Waals surface area contributed by atoms with Crippen molar-refractivity contribution in [3.63, 3.8) is 0 Å². The van der Waals surface area contributed by atoms with E-state index in [9.17, 15) is 23.1 Å². The molecule has 2 heterocycles. The Kier molecular flexibility index (Phi) is 5.72. The molecule has 2 aromatic heterocycles. The highest BCUT2D eigenvalue weighted by atomic mass is 32.1. The minimum absolute atomic E-state index is 0.0707. The minimum atomic E-state index is -4.40. The van der Waals surface area contributed by atoms with Crippen LogP contribution >= 0.6 is 11.3 Å². The first kappa shape index (κ1) is 22.3. The fourth-order valence-electron chi connectivity index (χ4n) is 3.65. The number of hydrogen-bond acceptors (Lipinski definition) is 4. The molecular weight excluding hydrogens is 439 g/mol. The van der Waals surface area contributed by atoms with E-state index < -0.39 is 11.7 Å². The lowest BCUT2D eigenvalue weighted by atomic mass is 10.0. The lowest BCUT2D eigenvalue weighted by Gasteiger charge is -2.19. The molecule has 0 aliphatic rings. The van der Waals surface area contributed by atoms with E-state index in [4.69, 9.17) is 0 Å². The molecule has 1 unspecified atom stereocenters. The fraction of sp³-hybridized carbons (Fsp3) is 0.304. The lowest BCUT2D eigenvalue weighted by Crippen LogP contribution is -2.41. The average Bonchev–Trinajstić information content (AvgIpc) is 3.25. The number of fused-ring (bicyclic) bond motifs is 3. The zero-order chi connectivity index (χ0) is 23.2. The van der Waals surface area contributed by atoms with Crippen LogP contribution in [0.2, 0.25) is 0 Å². The Labute approximate surface area is 186 Å². The van der Waals surface area contributed by atoms with Crippen molar-refractivity contribution in [1.29, 1.82) is 0 Å². The van der Waals surface area contributed by atoms with Crippen molar-refractivity contribution >= 4 is 38.5 Å². The molecule has 2 N–H and O–H groups in total. The quantitative estimate of drug-likeness (QED) is 0.423. The first-order valence-electron chi connectivity index (χ1n) is 10.1. The summed E-state index contributed by atoms with van der Waals surface area (Å²) in [6.07, 6.45) is -4.40. The van der Waals surface area contributed by atoms with Gasteiger partial charge in [0.05, 0.1) is 28.7 Å². The van der Waals surface area contributed by atoms with E-state index >= 15 is 0 Å². The highest BCUT2D eigenvalue weighted by Crippen LogP contribution is 2.36. The molecular formula is C23H22F3N3O2S. The Hall–Kier alpha value is -2.91. The van der Waals surface area contributed by atoms with Crippen LogP contribution in [0.15, 0.2) is 42.5 Å². The number of rotatable bonds is 5. The number of benzene rings is 2. The number of aryl methyl sites for hydroxylation is 1. The monoisotopic (exact) mass is 461 g/mol. The van der Waals surface area contributed by atoms with Gasteiger partial charge in [-0.15, -0.1) is 11.3 Å². The second kappa shape index (κ2) is 8.22. The summed E-state index contributed by atoms with van der Waals surface area (Å²) in [4.78, 5) is 18.2. The first-order valence-corrected chi connectivity index (χ1v) is 10.9. The van der Waals surface area contributed by atoms with E-state index in [-0.39, 0.29) is 24.5 Å². The van der Waals surface area contributed by atoms with Crippen LogP contribution in [0.3, 0.4) is 0 Å². The van der Waals surface area contributed by atoms with Gasteiger partial charge in [-0.05, 0) is 55.3 Å². The highest BCUT2D eigenvalue weighted by molar-refractivity contribution is 7.18. The summed E-state index contributed by atoms with van der Waals surface area (Å²) >= 11 is 1.44. The van der Waals surface area contributed by atoms with Gasteiger partial charge in [-0.25, -0.2) is 4.98 Å². The molecule has 2 aromatic carbocycles. The molecule has 0 fully saturated rings. The van der Waals surface area contributed by atoms with E-state index in [1.54, 1.807) is 18.2 Å². The maximum atomic E-state index is 13.0. The number of carbonyl (C=O) groups is 1. The molecule has 4 rings (SSSR count). The van der Waals surface area contributed by atoms with Gasteiger partial charge in [0.2, 0.25) is 0 Å². The predicted molar refractivity (Wildman–Crippen MR) is 119 cm³/mol. The molecule has 1 amide bonds. The Balaban J connectivity index is 1.82. The van der Waals surface area contributed by atoms with Gasteiger partial charge in [0.25, 0.3) is 5.91 Å². The summed E-state index contributed by atoms with van der Waals surface area (Å²) in [7, 11) is 0. The van der Waals surface area contributed by atoms with Crippen LogP contribution in [0.25, 0.3) is 26.9 Å². The maximum absolute atomic E-state index is 13.0. The topological polar surface area (TPSA) is 67.2 Å². The van der Waals surface area contributed by atoms with Crippen molar-refractivity contribution < 1.29 is 23.1 Å². The zero-order valence-corrected chi connectivity index (χ0v) is 18.5. The van der Waals surface area contributed by atoms with E-state index in [2.05, 4.69) is 10.3 Å². The summed E-state index contributed by atoms with van der Waals surface area (Å²) < 4.78 is 40.8. The third kappa shape index (κ3) is 3.98. The number of carbonyl (C=O) groups excluding carboxylic acids is 1. The molecule has 0 saturated carbocycles. The van der Waals surface area contributed by atoms with Crippen molar-refractivity contribution in [2.24, 2.45) is 5.92 Å². The largest absolute Gasteiger partial charge is 0.416 e. The molecule has 0 bridgehead atoms. The summed E-state index contributed by atoms with van der Waals surface area (Å²) in [5.74, 6) is -0.233. The molecule has 9 heteroatoms. The van der Waals surface area contributed by atoms with Gasteiger partial charge >= 0.3 is 6.18 Å². The molecule has 5 nitrogen and oxygen atoms in total. The first-order chi connectivity index (χ1) is 15.1. The number of hydrogen-bond donors (Lipinski definition) is 2. The van der Waals surface area contributed by atoms with Crippen molar-refractivity contribution in [3.8, 4) is 5.69 Å². The second-order valence-electron chi connectivity index (χ2n) is 8.01. The van der Waals surface area contributed by atoms with Crippen molar-refractivity contribution in [3.05, 3.63) is 58.6 Å². The van der Waals surface area contributed by atoms with Gasteiger partial charge in [-0.2, -0.15) is 13.2 Å². The zero-order valence-electron chi connectivity index (χ0n) is 17.7. The minimum Gasteiger partial charge on any atom is -0.394 e. The summed E-state index contributed by atoms with van der Waals surface area (Å²) in [5, 5.41) is 13.9. The van der Waals surface area contributed by atoms with Crippen LogP contribution in [0.1, 0.15) is 34.8 Å². The van der Waals surface area contributed by atoms with Crippen LogP contribution in [0, 0.1) is 12.8 Å². The van der Waals surface area contributed by atoms with Gasteiger partial charge in [0, 0.05) is 16.6 Å². The van der Waals surface area contributed by atoms with Crippen molar-refractivity contribution in [1.82, 2.24) is 14.9 Å².